The summed E-state index contributed by atoms with van der Waals surface area (Å²) in [6.45, 7) is 1.79. The number of carbonyl (C=O) groups is 1. The minimum Gasteiger partial charge on any atom is -0.493 e. The molecule has 0 fully saturated rings. The molecular formula is C33H37F5N2O3S. The molecule has 0 radical (unpaired) electrons. The molecule has 4 rings (SSSR count). The van der Waals surface area contributed by atoms with Crippen LogP contribution in [0.2, 0.25) is 0 Å². The van der Waals surface area contributed by atoms with Crippen LogP contribution in [0.25, 0.3) is 0 Å². The van der Waals surface area contributed by atoms with Gasteiger partial charge in [-0.25, -0.2) is 22.0 Å². The number of fused-ring (bicyclic) bond motifs is 1. The highest BCUT2D eigenvalue weighted by molar-refractivity contribution is 7.99. The lowest BCUT2D eigenvalue weighted by Gasteiger charge is -2.35. The Bertz CT molecular complexity index is 1390. The number of thioether (sulfide) groups is 1. The fourth-order valence-corrected chi connectivity index (χ4v) is 6.09. The summed E-state index contributed by atoms with van der Waals surface area (Å²) in [6.07, 6.45) is 7.97. The summed E-state index contributed by atoms with van der Waals surface area (Å²) >= 11 is 1.25. The number of aliphatic hydroxyl groups is 1. The van der Waals surface area contributed by atoms with E-state index < -0.39 is 53.3 Å². The maximum absolute atomic E-state index is 15.1. The van der Waals surface area contributed by atoms with E-state index in [9.17, 15) is 23.1 Å². The minimum atomic E-state index is -1.11. The highest BCUT2D eigenvalue weighted by atomic mass is 32.2. The first kappa shape index (κ1) is 33.6. The Hall–Kier alpha value is -3.31. The van der Waals surface area contributed by atoms with Crippen molar-refractivity contribution in [3.63, 3.8) is 0 Å². The van der Waals surface area contributed by atoms with Crippen molar-refractivity contribution in [1.82, 2.24) is 5.32 Å². The van der Waals surface area contributed by atoms with Crippen LogP contribution in [0.4, 0.5) is 27.6 Å². The van der Waals surface area contributed by atoms with Gasteiger partial charge in [-0.2, -0.15) is 0 Å². The molecule has 2 N–H and O–H groups in total. The lowest BCUT2D eigenvalue weighted by atomic mass is 10.1. The van der Waals surface area contributed by atoms with Crippen LogP contribution in [-0.2, 0) is 13.1 Å². The Balaban J connectivity index is 1.36. The Morgan fingerprint density at radius 1 is 0.886 bits per heavy atom. The monoisotopic (exact) mass is 636 g/mol. The Morgan fingerprint density at radius 2 is 1.50 bits per heavy atom. The molecule has 1 unspecified atom stereocenters. The number of hydrogen-bond donors (Lipinski definition) is 2. The summed E-state index contributed by atoms with van der Waals surface area (Å²) in [7, 11) is 0. The van der Waals surface area contributed by atoms with Gasteiger partial charge in [0.2, 0.25) is 0 Å². The highest BCUT2D eigenvalue weighted by Crippen LogP contribution is 2.39. The maximum Gasteiger partial charge on any atom is 0.251 e. The second kappa shape index (κ2) is 16.1. The number of rotatable bonds is 15. The van der Waals surface area contributed by atoms with Crippen LogP contribution in [-0.4, -0.2) is 29.6 Å². The van der Waals surface area contributed by atoms with Crippen LogP contribution < -0.4 is 15.0 Å². The number of halogens is 5. The van der Waals surface area contributed by atoms with Gasteiger partial charge in [-0.3, -0.25) is 4.79 Å². The third-order valence-corrected chi connectivity index (χ3v) is 8.62. The lowest BCUT2D eigenvalue weighted by Crippen LogP contribution is -2.39. The molecule has 1 aliphatic rings. The second-order valence-electron chi connectivity index (χ2n) is 10.8. The van der Waals surface area contributed by atoms with E-state index in [1.54, 1.807) is 0 Å². The van der Waals surface area contributed by atoms with E-state index in [2.05, 4.69) is 12.2 Å². The first-order valence-corrected chi connectivity index (χ1v) is 15.9. The van der Waals surface area contributed by atoms with Gasteiger partial charge in [0.25, 0.3) is 5.91 Å². The van der Waals surface area contributed by atoms with Gasteiger partial charge in [0, 0.05) is 58.1 Å². The van der Waals surface area contributed by atoms with Crippen molar-refractivity contribution < 1.29 is 36.6 Å². The van der Waals surface area contributed by atoms with Gasteiger partial charge in [-0.1, -0.05) is 51.9 Å². The number of nitrogens with zero attached hydrogens (tertiary/aromatic N) is 1. The summed E-state index contributed by atoms with van der Waals surface area (Å²) in [6, 6.07) is 7.86. The molecule has 0 aliphatic carbocycles. The van der Waals surface area contributed by atoms with Crippen LogP contribution in [0.3, 0.4) is 0 Å². The molecule has 1 amide bonds. The van der Waals surface area contributed by atoms with Crippen molar-refractivity contribution in [3.8, 4) is 5.75 Å². The van der Waals surface area contributed by atoms with Crippen LogP contribution >= 0.6 is 11.8 Å². The smallest absolute Gasteiger partial charge is 0.251 e. The van der Waals surface area contributed by atoms with Gasteiger partial charge in [-0.05, 0) is 24.6 Å². The third-order valence-electron chi connectivity index (χ3n) is 7.52. The predicted molar refractivity (Wildman–Crippen MR) is 161 cm³/mol. The molecule has 3 aromatic carbocycles. The molecule has 0 aromatic heterocycles. The van der Waals surface area contributed by atoms with Crippen LogP contribution in [0, 0.1) is 29.1 Å². The number of anilines is 1. The zero-order chi connectivity index (χ0) is 31.6. The average Bonchev–Trinajstić information content (AvgIpc) is 2.98. The molecule has 1 aliphatic heterocycles. The Morgan fingerprint density at radius 3 is 2.16 bits per heavy atom. The number of aliphatic hydroxyl groups excluding tert-OH is 1. The lowest BCUT2D eigenvalue weighted by molar-refractivity contribution is 0.0950. The molecule has 44 heavy (non-hydrogen) atoms. The van der Waals surface area contributed by atoms with E-state index >= 15 is 8.78 Å². The van der Waals surface area contributed by atoms with Crippen molar-refractivity contribution in [2.24, 2.45) is 0 Å². The van der Waals surface area contributed by atoms with Crippen molar-refractivity contribution in [3.05, 3.63) is 88.2 Å². The molecule has 1 heterocycles. The second-order valence-corrected chi connectivity index (χ2v) is 11.9. The summed E-state index contributed by atoms with van der Waals surface area (Å²) < 4.78 is 76.8. The van der Waals surface area contributed by atoms with Gasteiger partial charge < -0.3 is 20.1 Å². The highest BCUT2D eigenvalue weighted by Gasteiger charge is 2.28. The fourth-order valence-electron chi connectivity index (χ4n) is 5.04. The van der Waals surface area contributed by atoms with E-state index in [1.807, 2.05) is 0 Å². The van der Waals surface area contributed by atoms with Crippen LogP contribution in [0.5, 0.6) is 5.75 Å². The summed E-state index contributed by atoms with van der Waals surface area (Å²) in [5, 5.41) is 13.1. The van der Waals surface area contributed by atoms with E-state index in [-0.39, 0.29) is 29.2 Å². The quantitative estimate of drug-likeness (QED) is 0.130. The van der Waals surface area contributed by atoms with Crippen molar-refractivity contribution >= 4 is 23.4 Å². The number of hydrogen-bond acceptors (Lipinski definition) is 5. The number of amides is 1. The van der Waals surface area contributed by atoms with Crippen molar-refractivity contribution in [2.75, 3.05) is 17.3 Å². The SMILES string of the molecule is CCCCCCCCCCOc1cc(F)c(CN2c3ccc(C(=O)NCc4c(F)cc(F)cc4F)cc3SCC2O)c(F)c1. The van der Waals surface area contributed by atoms with Gasteiger partial charge in [0.15, 0.2) is 0 Å². The average molecular weight is 637 g/mol. The number of ether oxygens (including phenoxy) is 1. The van der Waals surface area contributed by atoms with E-state index in [0.717, 1.165) is 31.4 Å². The molecule has 0 bridgehead atoms. The van der Waals surface area contributed by atoms with E-state index in [0.29, 0.717) is 29.3 Å². The third kappa shape index (κ3) is 8.88. The zero-order valence-electron chi connectivity index (χ0n) is 24.6. The van der Waals surface area contributed by atoms with E-state index in [4.69, 9.17) is 4.74 Å². The number of carbonyl (C=O) groups excluding carboxylic acids is 1. The van der Waals surface area contributed by atoms with Crippen molar-refractivity contribution in [2.45, 2.75) is 82.5 Å². The number of benzene rings is 3. The summed E-state index contributed by atoms with van der Waals surface area (Å²) in [5.74, 6) is -5.23. The maximum atomic E-state index is 15.1. The largest absolute Gasteiger partial charge is 0.493 e. The Kier molecular flexibility index (Phi) is 12.3. The minimum absolute atomic E-state index is 0.109. The van der Waals surface area contributed by atoms with Crippen LogP contribution in [0.1, 0.15) is 79.8 Å². The normalized spacial score (nSPS) is 14.4. The Labute approximate surface area is 258 Å². The first-order valence-electron chi connectivity index (χ1n) is 14.9. The van der Waals surface area contributed by atoms with Gasteiger partial charge >= 0.3 is 0 Å². The van der Waals surface area contributed by atoms with Gasteiger partial charge in [0.05, 0.1) is 18.8 Å². The van der Waals surface area contributed by atoms with Crippen molar-refractivity contribution in [1.29, 1.82) is 0 Å². The standard InChI is InChI=1S/C33H37F5N2O3S/c1-2-3-4-5-6-7-8-9-12-43-23-16-28(37)25(29(38)17-23)19-40-30-11-10-21(13-31(30)44-20-32(40)41)33(42)39-18-24-26(35)14-22(34)15-27(24)36/h10-11,13-17,32,41H,2-9,12,18-20H2,1H3,(H,39,42). The number of nitrogens with one attached hydrogen (secondary N) is 1. The molecule has 3 aromatic rings. The molecule has 5 nitrogen and oxygen atoms in total. The fraction of sp³-hybridized carbons (Fsp3) is 0.424. The molecule has 0 spiro atoms. The summed E-state index contributed by atoms with van der Waals surface area (Å²) in [4.78, 5) is 14.7. The van der Waals surface area contributed by atoms with Crippen LogP contribution in [0.15, 0.2) is 47.4 Å². The molecule has 1 atom stereocenters. The first-order chi connectivity index (χ1) is 21.2. The van der Waals surface area contributed by atoms with E-state index in [1.165, 1.54) is 67.0 Å². The molecule has 11 heteroatoms. The topological polar surface area (TPSA) is 61.8 Å². The van der Waals surface area contributed by atoms with Gasteiger partial charge in [-0.15, -0.1) is 11.8 Å². The molecule has 0 saturated carbocycles. The zero-order valence-corrected chi connectivity index (χ0v) is 25.4. The molecular weight excluding hydrogens is 599 g/mol. The predicted octanol–water partition coefficient (Wildman–Crippen LogP) is 8.26. The summed E-state index contributed by atoms with van der Waals surface area (Å²) in [5.41, 5.74) is -0.0675. The number of unbranched alkanes of at least 4 members (excludes halogenated alkanes) is 7. The molecule has 238 valence electrons. The molecule has 0 saturated heterocycles. The van der Waals surface area contributed by atoms with Gasteiger partial charge in [0.1, 0.15) is 41.1 Å².